The molecular formula is C32H46N2O4Si3. The molecule has 4 rings (SSSR count). The maximum atomic E-state index is 6.58. The van der Waals surface area contributed by atoms with E-state index in [1.54, 1.807) is 0 Å². The first-order valence-corrected chi connectivity index (χ1v) is 21.5. The van der Waals surface area contributed by atoms with Gasteiger partial charge in [-0.1, -0.05) is 51.3 Å². The van der Waals surface area contributed by atoms with Crippen molar-refractivity contribution in [3.05, 3.63) is 109 Å². The van der Waals surface area contributed by atoms with Gasteiger partial charge in [0.2, 0.25) is 0 Å². The van der Waals surface area contributed by atoms with Gasteiger partial charge in [-0.25, -0.2) is 0 Å². The van der Waals surface area contributed by atoms with Crippen molar-refractivity contribution >= 4 is 48.4 Å². The molecule has 220 valence electrons. The van der Waals surface area contributed by atoms with Crippen LogP contribution >= 0.6 is 0 Å². The van der Waals surface area contributed by atoms with E-state index in [4.69, 9.17) is 17.1 Å². The van der Waals surface area contributed by atoms with Crippen LogP contribution in [0.3, 0.4) is 0 Å². The van der Waals surface area contributed by atoms with E-state index in [0.717, 1.165) is 34.2 Å². The normalized spacial score (nSPS) is 11.5. The van der Waals surface area contributed by atoms with Crippen LogP contribution in [0.5, 0.6) is 11.5 Å². The molecule has 4 aromatic rings. The van der Waals surface area contributed by atoms with Gasteiger partial charge in [-0.3, -0.25) is 0 Å². The lowest BCUT2D eigenvalue weighted by Crippen LogP contribution is -2.56. The van der Waals surface area contributed by atoms with E-state index in [1.165, 1.54) is 0 Å². The summed E-state index contributed by atoms with van der Waals surface area (Å²) >= 11 is 0. The summed E-state index contributed by atoms with van der Waals surface area (Å²) < 4.78 is 25.9. The minimum Gasteiger partial charge on any atom is -0.521 e. The molecule has 0 radical (unpaired) electrons. The first kappa shape index (κ1) is 33.9. The Labute approximate surface area is 250 Å². The van der Waals surface area contributed by atoms with Crippen molar-refractivity contribution in [2.75, 3.05) is 10.6 Å². The summed E-state index contributed by atoms with van der Waals surface area (Å²) in [5.74, 6) is 1.57. The SMILES string of the molecule is C.C.C[Si](C)(Oc1ccc(Nc2ccccc2)cc1)O[Si](C)(C)O[Si](C)(C)Oc1ccc(Nc2ccccc2)cc1. The van der Waals surface area contributed by atoms with E-state index < -0.39 is 25.7 Å². The number of anilines is 4. The molecule has 0 saturated heterocycles. The molecule has 0 aliphatic carbocycles. The molecule has 0 amide bonds. The van der Waals surface area contributed by atoms with Crippen molar-refractivity contribution in [2.24, 2.45) is 0 Å². The molecule has 0 heterocycles. The Morgan fingerprint density at radius 3 is 1.00 bits per heavy atom. The van der Waals surface area contributed by atoms with Crippen LogP contribution < -0.4 is 19.5 Å². The van der Waals surface area contributed by atoms with E-state index in [9.17, 15) is 0 Å². The highest BCUT2D eigenvalue weighted by atomic mass is 28.5. The Bertz CT molecular complexity index is 1220. The Hall–Kier alpha value is -3.35. The second kappa shape index (κ2) is 14.5. The first-order valence-electron chi connectivity index (χ1n) is 13.1. The second-order valence-corrected chi connectivity index (χ2v) is 21.1. The molecule has 0 bridgehead atoms. The van der Waals surface area contributed by atoms with Crippen LogP contribution in [0.15, 0.2) is 109 Å². The van der Waals surface area contributed by atoms with Crippen LogP contribution in [0.1, 0.15) is 14.9 Å². The molecule has 0 fully saturated rings. The van der Waals surface area contributed by atoms with Gasteiger partial charge in [0.25, 0.3) is 0 Å². The summed E-state index contributed by atoms with van der Waals surface area (Å²) in [6, 6.07) is 36.1. The van der Waals surface area contributed by atoms with Crippen LogP contribution in [-0.4, -0.2) is 25.7 Å². The largest absolute Gasteiger partial charge is 0.521 e. The zero-order valence-corrected chi connectivity index (χ0v) is 26.5. The number of hydrogen-bond donors (Lipinski definition) is 2. The molecule has 41 heavy (non-hydrogen) atoms. The summed E-state index contributed by atoms with van der Waals surface area (Å²) in [7, 11) is -7.62. The smallest absolute Gasteiger partial charge is 0.383 e. The van der Waals surface area contributed by atoms with Gasteiger partial charge in [-0.05, 0) is 112 Å². The molecular weight excluding hydrogens is 561 g/mol. The van der Waals surface area contributed by atoms with E-state index in [-0.39, 0.29) is 14.9 Å². The molecule has 2 N–H and O–H groups in total. The van der Waals surface area contributed by atoms with Crippen molar-refractivity contribution < 1.29 is 17.1 Å². The fraction of sp³-hybridized carbons (Fsp3) is 0.250. The standard InChI is InChI=1S/C30H38N2O4Si3.2CH4/c1-37(2,33-29-21-17-27(18-22-29)31-25-13-9-7-10-14-25)35-39(5,6)36-38(3,4)34-30-23-19-28(20-24-30)32-26-15-11-8-12-16-26;;/h7-24,31-32H,1-6H3;2*1H4. The summed E-state index contributed by atoms with van der Waals surface area (Å²) in [6.07, 6.45) is 0. The third kappa shape index (κ3) is 11.2. The zero-order chi connectivity index (χ0) is 27.9. The molecule has 0 spiro atoms. The minimum absolute atomic E-state index is 0. The minimum atomic E-state index is -2.56. The molecule has 6 nitrogen and oxygen atoms in total. The van der Waals surface area contributed by atoms with E-state index in [0.29, 0.717) is 0 Å². The van der Waals surface area contributed by atoms with Gasteiger partial charge in [-0.2, -0.15) is 0 Å². The topological polar surface area (TPSA) is 61.0 Å². The van der Waals surface area contributed by atoms with Crippen LogP contribution in [0.2, 0.25) is 39.3 Å². The lowest BCUT2D eigenvalue weighted by molar-refractivity contribution is 0.302. The molecule has 0 unspecified atom stereocenters. The third-order valence-corrected chi connectivity index (χ3v) is 14.9. The van der Waals surface area contributed by atoms with Crippen LogP contribution in [-0.2, 0) is 8.23 Å². The second-order valence-electron chi connectivity index (χ2n) is 10.6. The molecule has 0 aliphatic heterocycles. The van der Waals surface area contributed by atoms with Gasteiger partial charge < -0.3 is 27.7 Å². The van der Waals surface area contributed by atoms with Gasteiger partial charge in [0.05, 0.1) is 0 Å². The van der Waals surface area contributed by atoms with Crippen molar-refractivity contribution in [2.45, 2.75) is 54.1 Å². The van der Waals surface area contributed by atoms with E-state index in [2.05, 4.69) is 49.9 Å². The monoisotopic (exact) mass is 606 g/mol. The van der Waals surface area contributed by atoms with Crippen LogP contribution in [0.25, 0.3) is 0 Å². The Morgan fingerprint density at radius 2 is 0.683 bits per heavy atom. The Kier molecular flexibility index (Phi) is 12.0. The lowest BCUT2D eigenvalue weighted by Gasteiger charge is -2.37. The summed E-state index contributed by atoms with van der Waals surface area (Å²) in [5.41, 5.74) is 4.09. The van der Waals surface area contributed by atoms with Crippen molar-refractivity contribution in [1.82, 2.24) is 0 Å². The van der Waals surface area contributed by atoms with Gasteiger partial charge >= 0.3 is 25.7 Å². The van der Waals surface area contributed by atoms with Crippen molar-refractivity contribution in [3.63, 3.8) is 0 Å². The number of rotatable bonds is 12. The molecule has 9 heteroatoms. The van der Waals surface area contributed by atoms with Crippen molar-refractivity contribution in [3.8, 4) is 11.5 Å². The number of hydrogen-bond acceptors (Lipinski definition) is 6. The number of benzene rings is 4. The molecule has 0 saturated carbocycles. The highest BCUT2D eigenvalue weighted by molar-refractivity contribution is 6.84. The van der Waals surface area contributed by atoms with Crippen LogP contribution in [0.4, 0.5) is 22.7 Å². The average Bonchev–Trinajstić information content (AvgIpc) is 2.86. The maximum Gasteiger partial charge on any atom is 0.383 e. The summed E-state index contributed by atoms with van der Waals surface area (Å²) in [4.78, 5) is 0. The predicted octanol–water partition coefficient (Wildman–Crippen LogP) is 10.0. The molecule has 0 atom stereocenters. The fourth-order valence-electron chi connectivity index (χ4n) is 4.40. The maximum absolute atomic E-state index is 6.58. The van der Waals surface area contributed by atoms with Gasteiger partial charge in [0, 0.05) is 22.7 Å². The zero-order valence-electron chi connectivity index (χ0n) is 23.5. The van der Waals surface area contributed by atoms with E-state index >= 15 is 0 Å². The van der Waals surface area contributed by atoms with Crippen LogP contribution in [0, 0.1) is 0 Å². The first-order chi connectivity index (χ1) is 18.5. The average molecular weight is 607 g/mol. The van der Waals surface area contributed by atoms with Gasteiger partial charge in [0.15, 0.2) is 0 Å². The number of nitrogens with one attached hydrogen (secondary N) is 2. The summed E-state index contributed by atoms with van der Waals surface area (Å²) in [6.45, 7) is 12.3. The summed E-state index contributed by atoms with van der Waals surface area (Å²) in [5, 5.41) is 6.78. The molecule has 0 aromatic heterocycles. The molecule has 0 aliphatic rings. The van der Waals surface area contributed by atoms with Crippen molar-refractivity contribution in [1.29, 1.82) is 0 Å². The lowest BCUT2D eigenvalue weighted by atomic mass is 10.2. The number of para-hydroxylation sites is 2. The van der Waals surface area contributed by atoms with Gasteiger partial charge in [-0.15, -0.1) is 0 Å². The third-order valence-electron chi connectivity index (χ3n) is 5.54. The Balaban J connectivity index is 0.00000294. The fourth-order valence-corrected chi connectivity index (χ4v) is 16.2. The predicted molar refractivity (Wildman–Crippen MR) is 182 cm³/mol. The van der Waals surface area contributed by atoms with E-state index in [1.807, 2.05) is 109 Å². The Morgan fingerprint density at radius 1 is 0.390 bits per heavy atom. The quantitative estimate of drug-likeness (QED) is 0.157. The van der Waals surface area contributed by atoms with Gasteiger partial charge in [0.1, 0.15) is 11.5 Å². The highest BCUT2D eigenvalue weighted by Crippen LogP contribution is 2.28. The highest BCUT2D eigenvalue weighted by Gasteiger charge is 2.43. The molecule has 4 aromatic carbocycles.